The van der Waals surface area contributed by atoms with Crippen LogP contribution in [0.3, 0.4) is 0 Å². The van der Waals surface area contributed by atoms with Crippen molar-refractivity contribution in [2.45, 2.75) is 10.7 Å². The number of hydrogen-bond donors (Lipinski definition) is 1. The molecule has 0 bridgehead atoms. The Morgan fingerprint density at radius 2 is 1.44 bits per heavy atom. The summed E-state index contributed by atoms with van der Waals surface area (Å²) in [5, 5.41) is 9.25. The van der Waals surface area contributed by atoms with Crippen LogP contribution in [0.1, 0.15) is 17.0 Å². The van der Waals surface area contributed by atoms with Gasteiger partial charge in [0, 0.05) is 5.92 Å². The predicted octanol–water partition coefficient (Wildman–Crippen LogP) is 3.65. The van der Waals surface area contributed by atoms with E-state index >= 15 is 0 Å². The van der Waals surface area contributed by atoms with E-state index in [-0.39, 0.29) is 5.92 Å². The SMILES string of the molecule is O=C(O)C(Br)C1c2ccccc2-c2ccccc21. The van der Waals surface area contributed by atoms with Crippen molar-refractivity contribution in [2.24, 2.45) is 0 Å². The molecule has 2 aromatic carbocycles. The quantitative estimate of drug-likeness (QED) is 0.860. The lowest BCUT2D eigenvalue weighted by molar-refractivity contribution is -0.136. The summed E-state index contributed by atoms with van der Waals surface area (Å²) in [5.74, 6) is -0.943. The Kier molecular flexibility index (Phi) is 2.71. The number of carbonyl (C=O) groups is 1. The number of benzene rings is 2. The minimum Gasteiger partial charge on any atom is -0.480 e. The Morgan fingerprint density at radius 1 is 1.00 bits per heavy atom. The molecule has 1 aliphatic rings. The summed E-state index contributed by atoms with van der Waals surface area (Å²) in [6.07, 6.45) is 0. The molecule has 0 aliphatic heterocycles. The molecule has 1 N–H and O–H groups in total. The lowest BCUT2D eigenvalue weighted by Crippen LogP contribution is -2.21. The smallest absolute Gasteiger partial charge is 0.318 e. The first kappa shape index (κ1) is 11.5. The van der Waals surface area contributed by atoms with E-state index in [2.05, 4.69) is 28.1 Å². The molecule has 0 radical (unpaired) electrons. The van der Waals surface area contributed by atoms with Gasteiger partial charge in [-0.1, -0.05) is 64.5 Å². The second-order valence-corrected chi connectivity index (χ2v) is 5.38. The molecule has 0 spiro atoms. The zero-order valence-electron chi connectivity index (χ0n) is 9.51. The molecule has 0 fully saturated rings. The van der Waals surface area contributed by atoms with Crippen LogP contribution in [-0.4, -0.2) is 15.9 Å². The van der Waals surface area contributed by atoms with Gasteiger partial charge >= 0.3 is 5.97 Å². The molecule has 2 nitrogen and oxygen atoms in total. The number of rotatable bonds is 2. The molecule has 2 aromatic rings. The first-order valence-electron chi connectivity index (χ1n) is 5.75. The number of fused-ring (bicyclic) bond motifs is 3. The van der Waals surface area contributed by atoms with E-state index in [1.165, 1.54) is 0 Å². The fraction of sp³-hybridized carbons (Fsp3) is 0.133. The van der Waals surface area contributed by atoms with E-state index in [1.54, 1.807) is 0 Å². The molecule has 1 aliphatic carbocycles. The third kappa shape index (κ3) is 1.58. The lowest BCUT2D eigenvalue weighted by atomic mass is 9.94. The van der Waals surface area contributed by atoms with Crippen LogP contribution in [0.15, 0.2) is 48.5 Å². The molecule has 1 unspecified atom stereocenters. The predicted molar refractivity (Wildman–Crippen MR) is 74.1 cm³/mol. The molecule has 3 heteroatoms. The van der Waals surface area contributed by atoms with Crippen molar-refractivity contribution < 1.29 is 9.90 Å². The van der Waals surface area contributed by atoms with Gasteiger partial charge in [0.1, 0.15) is 4.83 Å². The Morgan fingerprint density at radius 3 is 1.89 bits per heavy atom. The minimum atomic E-state index is -0.827. The van der Waals surface area contributed by atoms with E-state index in [1.807, 2.05) is 36.4 Å². The molecule has 0 saturated heterocycles. The summed E-state index contributed by atoms with van der Waals surface area (Å²) in [4.78, 5) is 10.7. The molecule has 0 amide bonds. The lowest BCUT2D eigenvalue weighted by Gasteiger charge is -2.16. The van der Waals surface area contributed by atoms with E-state index < -0.39 is 10.8 Å². The molecule has 0 heterocycles. The zero-order chi connectivity index (χ0) is 12.7. The van der Waals surface area contributed by atoms with Gasteiger partial charge in [0.25, 0.3) is 0 Å². The maximum Gasteiger partial charge on any atom is 0.318 e. The molecule has 0 aromatic heterocycles. The van der Waals surface area contributed by atoms with E-state index in [0.717, 1.165) is 22.3 Å². The van der Waals surface area contributed by atoms with Crippen LogP contribution in [-0.2, 0) is 4.79 Å². The molecular weight excluding hydrogens is 292 g/mol. The van der Waals surface area contributed by atoms with Crippen molar-refractivity contribution in [1.82, 2.24) is 0 Å². The highest BCUT2D eigenvalue weighted by atomic mass is 79.9. The maximum atomic E-state index is 11.3. The average Bonchev–Trinajstić information content (AvgIpc) is 2.72. The van der Waals surface area contributed by atoms with Crippen LogP contribution in [0, 0.1) is 0 Å². The standard InChI is InChI=1S/C15H11BrO2/c16-14(15(17)18)13-11-7-3-1-5-9(11)10-6-2-4-8-12(10)13/h1-8,13-14H,(H,17,18). The normalized spacial score (nSPS) is 14.9. The van der Waals surface area contributed by atoms with Crippen LogP contribution < -0.4 is 0 Å². The third-order valence-electron chi connectivity index (χ3n) is 3.41. The first-order valence-corrected chi connectivity index (χ1v) is 6.67. The van der Waals surface area contributed by atoms with Crippen LogP contribution in [0.5, 0.6) is 0 Å². The summed E-state index contributed by atoms with van der Waals surface area (Å²) in [6.45, 7) is 0. The van der Waals surface area contributed by atoms with Gasteiger partial charge in [0.05, 0.1) is 0 Å². The Bertz CT molecular complexity index is 576. The van der Waals surface area contributed by atoms with Gasteiger partial charge in [-0.2, -0.15) is 0 Å². The van der Waals surface area contributed by atoms with E-state index in [4.69, 9.17) is 0 Å². The fourth-order valence-electron chi connectivity index (χ4n) is 2.65. The first-order chi connectivity index (χ1) is 8.70. The zero-order valence-corrected chi connectivity index (χ0v) is 11.1. The number of carboxylic acids is 1. The number of alkyl halides is 1. The van der Waals surface area contributed by atoms with E-state index in [9.17, 15) is 9.90 Å². The Balaban J connectivity index is 2.24. The van der Waals surface area contributed by atoms with Crippen molar-refractivity contribution in [1.29, 1.82) is 0 Å². The Hall–Kier alpha value is -1.61. The molecule has 3 rings (SSSR count). The van der Waals surface area contributed by atoms with Gasteiger partial charge in [-0.05, 0) is 22.3 Å². The fourth-order valence-corrected chi connectivity index (χ4v) is 3.22. The Labute approximate surface area is 113 Å². The largest absolute Gasteiger partial charge is 0.480 e. The summed E-state index contributed by atoms with van der Waals surface area (Å²) in [6, 6.07) is 16.0. The second-order valence-electron chi connectivity index (χ2n) is 4.39. The monoisotopic (exact) mass is 302 g/mol. The third-order valence-corrected chi connectivity index (χ3v) is 4.33. The number of halogens is 1. The van der Waals surface area contributed by atoms with Crippen LogP contribution in [0.2, 0.25) is 0 Å². The summed E-state index contributed by atoms with van der Waals surface area (Å²) < 4.78 is 0. The van der Waals surface area contributed by atoms with Gasteiger partial charge in [0.15, 0.2) is 0 Å². The maximum absolute atomic E-state index is 11.3. The minimum absolute atomic E-state index is 0.116. The van der Waals surface area contributed by atoms with Gasteiger partial charge in [-0.3, -0.25) is 4.79 Å². The number of carboxylic acid groups (broad SMARTS) is 1. The van der Waals surface area contributed by atoms with Gasteiger partial charge in [-0.25, -0.2) is 0 Å². The van der Waals surface area contributed by atoms with Gasteiger partial charge in [0.2, 0.25) is 0 Å². The summed E-state index contributed by atoms with van der Waals surface area (Å²) in [7, 11) is 0. The van der Waals surface area contributed by atoms with Crippen molar-refractivity contribution in [3.05, 3.63) is 59.7 Å². The van der Waals surface area contributed by atoms with Crippen LogP contribution in [0.25, 0.3) is 11.1 Å². The highest BCUT2D eigenvalue weighted by Gasteiger charge is 2.36. The molecular formula is C15H11BrO2. The number of aliphatic carboxylic acids is 1. The van der Waals surface area contributed by atoms with Crippen LogP contribution in [0.4, 0.5) is 0 Å². The average molecular weight is 303 g/mol. The molecule has 18 heavy (non-hydrogen) atoms. The summed E-state index contributed by atoms with van der Waals surface area (Å²) in [5.41, 5.74) is 4.46. The molecule has 90 valence electrons. The van der Waals surface area contributed by atoms with Gasteiger partial charge in [-0.15, -0.1) is 0 Å². The van der Waals surface area contributed by atoms with Crippen molar-refractivity contribution in [2.75, 3.05) is 0 Å². The molecule has 0 saturated carbocycles. The highest BCUT2D eigenvalue weighted by molar-refractivity contribution is 9.10. The summed E-state index contributed by atoms with van der Waals surface area (Å²) >= 11 is 3.31. The van der Waals surface area contributed by atoms with Crippen molar-refractivity contribution in [3.63, 3.8) is 0 Å². The van der Waals surface area contributed by atoms with Gasteiger partial charge < -0.3 is 5.11 Å². The topological polar surface area (TPSA) is 37.3 Å². The highest BCUT2D eigenvalue weighted by Crippen LogP contribution is 2.47. The molecule has 1 atom stereocenters. The van der Waals surface area contributed by atoms with Crippen molar-refractivity contribution in [3.8, 4) is 11.1 Å². The second kappa shape index (κ2) is 4.25. The van der Waals surface area contributed by atoms with E-state index in [0.29, 0.717) is 0 Å². The van der Waals surface area contributed by atoms with Crippen LogP contribution >= 0.6 is 15.9 Å². The number of hydrogen-bond acceptors (Lipinski definition) is 1. The van der Waals surface area contributed by atoms with Crippen molar-refractivity contribution >= 4 is 21.9 Å².